The third-order valence-corrected chi connectivity index (χ3v) is 3.74. The van der Waals surface area contributed by atoms with Crippen LogP contribution in [0.25, 0.3) is 0 Å². The highest BCUT2D eigenvalue weighted by Gasteiger charge is 2.37. The van der Waals surface area contributed by atoms with Crippen LogP contribution in [0.2, 0.25) is 5.02 Å². The Balaban J connectivity index is 2.34. The SMILES string of the molecule is CC1CCCC1(N)c1ccc(Cl)cc1. The van der Waals surface area contributed by atoms with Crippen molar-refractivity contribution in [1.82, 2.24) is 0 Å². The molecule has 1 nitrogen and oxygen atoms in total. The Morgan fingerprint density at radius 1 is 1.36 bits per heavy atom. The Morgan fingerprint density at radius 3 is 2.50 bits per heavy atom. The molecule has 1 fully saturated rings. The average molecular weight is 210 g/mol. The first-order chi connectivity index (χ1) is 6.63. The molecule has 1 saturated carbocycles. The third kappa shape index (κ3) is 1.55. The highest BCUT2D eigenvalue weighted by molar-refractivity contribution is 6.30. The molecule has 1 aromatic rings. The van der Waals surface area contributed by atoms with Gasteiger partial charge in [-0.25, -0.2) is 0 Å². The van der Waals surface area contributed by atoms with Gasteiger partial charge in [-0.05, 0) is 36.5 Å². The van der Waals surface area contributed by atoms with Gasteiger partial charge in [0.05, 0.1) is 0 Å². The van der Waals surface area contributed by atoms with Crippen LogP contribution in [0.15, 0.2) is 24.3 Å². The number of benzene rings is 1. The second-order valence-corrected chi connectivity index (χ2v) is 4.78. The van der Waals surface area contributed by atoms with Gasteiger partial charge in [-0.15, -0.1) is 0 Å². The van der Waals surface area contributed by atoms with E-state index < -0.39 is 0 Å². The molecule has 0 aliphatic heterocycles. The molecule has 1 aromatic carbocycles. The number of hydrogen-bond donors (Lipinski definition) is 1. The largest absolute Gasteiger partial charge is 0.321 e. The van der Waals surface area contributed by atoms with Crippen molar-refractivity contribution in [2.75, 3.05) is 0 Å². The van der Waals surface area contributed by atoms with Gasteiger partial charge >= 0.3 is 0 Å². The maximum absolute atomic E-state index is 6.43. The van der Waals surface area contributed by atoms with E-state index in [0.717, 1.165) is 11.4 Å². The van der Waals surface area contributed by atoms with Crippen molar-refractivity contribution in [3.63, 3.8) is 0 Å². The molecule has 0 spiro atoms. The zero-order valence-corrected chi connectivity index (χ0v) is 9.22. The van der Waals surface area contributed by atoms with Crippen LogP contribution >= 0.6 is 11.6 Å². The summed E-state index contributed by atoms with van der Waals surface area (Å²) >= 11 is 5.86. The van der Waals surface area contributed by atoms with E-state index in [2.05, 4.69) is 19.1 Å². The van der Waals surface area contributed by atoms with E-state index in [4.69, 9.17) is 17.3 Å². The second kappa shape index (κ2) is 3.56. The van der Waals surface area contributed by atoms with Crippen LogP contribution in [0.1, 0.15) is 31.7 Å². The summed E-state index contributed by atoms with van der Waals surface area (Å²) in [7, 11) is 0. The quantitative estimate of drug-likeness (QED) is 0.755. The molecule has 2 unspecified atom stereocenters. The summed E-state index contributed by atoms with van der Waals surface area (Å²) in [6.45, 7) is 2.24. The fourth-order valence-corrected chi connectivity index (χ4v) is 2.52. The fraction of sp³-hybridized carbons (Fsp3) is 0.500. The van der Waals surface area contributed by atoms with Crippen molar-refractivity contribution in [2.45, 2.75) is 31.7 Å². The highest BCUT2D eigenvalue weighted by atomic mass is 35.5. The van der Waals surface area contributed by atoms with E-state index >= 15 is 0 Å². The molecule has 14 heavy (non-hydrogen) atoms. The summed E-state index contributed by atoms with van der Waals surface area (Å²) < 4.78 is 0. The first-order valence-electron chi connectivity index (χ1n) is 5.18. The van der Waals surface area contributed by atoms with Crippen LogP contribution in [0.5, 0.6) is 0 Å². The van der Waals surface area contributed by atoms with Crippen LogP contribution in [-0.2, 0) is 5.54 Å². The first kappa shape index (κ1) is 10.0. The summed E-state index contributed by atoms with van der Waals surface area (Å²) in [5.41, 5.74) is 7.54. The van der Waals surface area contributed by atoms with Gasteiger partial charge in [0.2, 0.25) is 0 Å². The van der Waals surface area contributed by atoms with Crippen molar-refractivity contribution >= 4 is 11.6 Å². The molecular weight excluding hydrogens is 194 g/mol. The molecule has 0 bridgehead atoms. The number of nitrogens with two attached hydrogens (primary N) is 1. The zero-order chi connectivity index (χ0) is 10.2. The molecule has 2 atom stereocenters. The topological polar surface area (TPSA) is 26.0 Å². The monoisotopic (exact) mass is 209 g/mol. The van der Waals surface area contributed by atoms with Crippen molar-refractivity contribution in [1.29, 1.82) is 0 Å². The molecule has 2 rings (SSSR count). The molecule has 2 N–H and O–H groups in total. The normalized spacial score (nSPS) is 32.1. The van der Waals surface area contributed by atoms with E-state index in [1.165, 1.54) is 18.4 Å². The minimum absolute atomic E-state index is 0.120. The molecule has 0 amide bonds. The Bertz CT molecular complexity index is 320. The standard InChI is InChI=1S/C12H16ClN/c1-9-3-2-8-12(9,14)10-4-6-11(13)7-5-10/h4-7,9H,2-3,8,14H2,1H3. The van der Waals surface area contributed by atoms with Crippen molar-refractivity contribution in [3.8, 4) is 0 Å². The van der Waals surface area contributed by atoms with Crippen LogP contribution in [0.3, 0.4) is 0 Å². The van der Waals surface area contributed by atoms with Gasteiger partial charge in [0.15, 0.2) is 0 Å². The molecule has 0 heterocycles. The van der Waals surface area contributed by atoms with Gasteiger partial charge in [0.1, 0.15) is 0 Å². The number of hydrogen-bond acceptors (Lipinski definition) is 1. The molecule has 0 saturated heterocycles. The van der Waals surface area contributed by atoms with Crippen molar-refractivity contribution < 1.29 is 0 Å². The van der Waals surface area contributed by atoms with Crippen molar-refractivity contribution in [3.05, 3.63) is 34.9 Å². The number of rotatable bonds is 1. The molecule has 1 aliphatic rings. The lowest BCUT2D eigenvalue weighted by atomic mass is 9.82. The van der Waals surface area contributed by atoms with Gasteiger partial charge in [-0.2, -0.15) is 0 Å². The summed E-state index contributed by atoms with van der Waals surface area (Å²) in [5.74, 6) is 0.573. The molecule has 1 aliphatic carbocycles. The molecule has 0 radical (unpaired) electrons. The fourth-order valence-electron chi connectivity index (χ4n) is 2.39. The van der Waals surface area contributed by atoms with E-state index in [1.807, 2.05) is 12.1 Å². The van der Waals surface area contributed by atoms with Crippen LogP contribution in [-0.4, -0.2) is 0 Å². The lowest BCUT2D eigenvalue weighted by molar-refractivity contribution is 0.349. The molecular formula is C12H16ClN. The van der Waals surface area contributed by atoms with Gasteiger partial charge in [0.25, 0.3) is 0 Å². The Kier molecular flexibility index (Phi) is 2.54. The summed E-state index contributed by atoms with van der Waals surface area (Å²) in [4.78, 5) is 0. The molecule has 0 aromatic heterocycles. The summed E-state index contributed by atoms with van der Waals surface area (Å²) in [5, 5.41) is 0.781. The van der Waals surface area contributed by atoms with Gasteiger partial charge < -0.3 is 5.73 Å². The van der Waals surface area contributed by atoms with E-state index in [9.17, 15) is 0 Å². The van der Waals surface area contributed by atoms with Crippen LogP contribution in [0, 0.1) is 5.92 Å². The van der Waals surface area contributed by atoms with Crippen LogP contribution < -0.4 is 5.73 Å². The van der Waals surface area contributed by atoms with Gasteiger partial charge in [-0.3, -0.25) is 0 Å². The summed E-state index contributed by atoms with van der Waals surface area (Å²) in [6, 6.07) is 7.97. The van der Waals surface area contributed by atoms with Gasteiger partial charge in [-0.1, -0.05) is 37.1 Å². The van der Waals surface area contributed by atoms with Crippen LogP contribution in [0.4, 0.5) is 0 Å². The zero-order valence-electron chi connectivity index (χ0n) is 8.46. The third-order valence-electron chi connectivity index (χ3n) is 3.49. The summed E-state index contributed by atoms with van der Waals surface area (Å²) in [6.07, 6.45) is 3.56. The van der Waals surface area contributed by atoms with Gasteiger partial charge in [0, 0.05) is 10.6 Å². The van der Waals surface area contributed by atoms with Crippen molar-refractivity contribution in [2.24, 2.45) is 11.7 Å². The molecule has 76 valence electrons. The maximum Gasteiger partial charge on any atom is 0.0435 e. The lowest BCUT2D eigenvalue weighted by Gasteiger charge is -2.29. The lowest BCUT2D eigenvalue weighted by Crippen LogP contribution is -2.38. The van der Waals surface area contributed by atoms with E-state index in [-0.39, 0.29) is 5.54 Å². The minimum atomic E-state index is -0.120. The molecule has 2 heteroatoms. The second-order valence-electron chi connectivity index (χ2n) is 4.34. The first-order valence-corrected chi connectivity index (χ1v) is 5.55. The minimum Gasteiger partial charge on any atom is -0.321 e. The smallest absolute Gasteiger partial charge is 0.0435 e. The van der Waals surface area contributed by atoms with E-state index in [1.54, 1.807) is 0 Å². The van der Waals surface area contributed by atoms with E-state index in [0.29, 0.717) is 5.92 Å². The predicted octanol–water partition coefficient (Wildman–Crippen LogP) is 3.31. The Labute approximate surface area is 90.3 Å². The average Bonchev–Trinajstić information content (AvgIpc) is 2.49. The maximum atomic E-state index is 6.43. The Morgan fingerprint density at radius 2 is 2.00 bits per heavy atom. The number of halogens is 1. The highest BCUT2D eigenvalue weighted by Crippen LogP contribution is 2.41. The predicted molar refractivity (Wildman–Crippen MR) is 60.3 cm³/mol. The Hall–Kier alpha value is -0.530.